The van der Waals surface area contributed by atoms with E-state index in [4.69, 9.17) is 14.2 Å². The van der Waals surface area contributed by atoms with E-state index < -0.39 is 6.10 Å². The number of carbonyl (C=O) groups excluding carboxylic acids is 3. The van der Waals surface area contributed by atoms with Gasteiger partial charge in [-0.15, -0.1) is 0 Å². The minimum absolute atomic E-state index is 0.0669. The predicted octanol–water partition coefficient (Wildman–Crippen LogP) is 11.2. The number of rotatable bonds is 33. The number of hydrogen-bond donors (Lipinski definition) is 0. The summed E-state index contributed by atoms with van der Waals surface area (Å²) < 4.78 is 16.4. The van der Waals surface area contributed by atoms with Crippen LogP contribution in [0.2, 0.25) is 0 Å². The lowest BCUT2D eigenvalue weighted by Gasteiger charge is -2.18. The van der Waals surface area contributed by atoms with E-state index in [9.17, 15) is 14.4 Å². The van der Waals surface area contributed by atoms with Gasteiger partial charge >= 0.3 is 17.9 Å². The minimum Gasteiger partial charge on any atom is -0.462 e. The van der Waals surface area contributed by atoms with Crippen molar-refractivity contribution in [1.82, 2.24) is 0 Å². The topological polar surface area (TPSA) is 78.9 Å². The average Bonchev–Trinajstić information content (AvgIpc) is 3.00. The predicted molar refractivity (Wildman–Crippen MR) is 183 cm³/mol. The first-order valence-electron chi connectivity index (χ1n) is 18.9. The van der Waals surface area contributed by atoms with Gasteiger partial charge in [-0.2, -0.15) is 0 Å². The monoisotopic (exact) mass is 625 g/mol. The van der Waals surface area contributed by atoms with Gasteiger partial charge in [-0.25, -0.2) is 0 Å². The highest BCUT2D eigenvalue weighted by atomic mass is 16.6. The fraction of sp³-hybridized carbons (Fsp3) is 0.921. The summed E-state index contributed by atoms with van der Waals surface area (Å²) in [5, 5.41) is 0. The molecule has 0 unspecified atom stereocenters. The van der Waals surface area contributed by atoms with Crippen LogP contribution in [0.3, 0.4) is 0 Å². The zero-order valence-electron chi connectivity index (χ0n) is 29.6. The first kappa shape index (κ1) is 42.4. The van der Waals surface area contributed by atoms with Crippen LogP contribution in [-0.4, -0.2) is 37.2 Å². The van der Waals surface area contributed by atoms with Crippen LogP contribution in [0.25, 0.3) is 0 Å². The zero-order valence-corrected chi connectivity index (χ0v) is 29.6. The van der Waals surface area contributed by atoms with Gasteiger partial charge in [0.15, 0.2) is 6.10 Å². The van der Waals surface area contributed by atoms with Crippen molar-refractivity contribution in [2.24, 2.45) is 5.92 Å². The van der Waals surface area contributed by atoms with Gasteiger partial charge in [0, 0.05) is 19.3 Å². The summed E-state index contributed by atoms with van der Waals surface area (Å²) in [6, 6.07) is 0. The third-order valence-corrected chi connectivity index (χ3v) is 8.29. The molecule has 0 radical (unpaired) electrons. The fourth-order valence-electron chi connectivity index (χ4n) is 5.39. The molecule has 0 heterocycles. The van der Waals surface area contributed by atoms with E-state index in [1.54, 1.807) is 0 Å². The summed E-state index contributed by atoms with van der Waals surface area (Å²) in [5.74, 6) is -0.0611. The molecule has 6 heteroatoms. The van der Waals surface area contributed by atoms with E-state index in [1.807, 2.05) is 0 Å². The Labute approximate surface area is 272 Å². The van der Waals surface area contributed by atoms with Crippen LogP contribution in [0.4, 0.5) is 0 Å². The Morgan fingerprint density at radius 2 is 0.750 bits per heavy atom. The molecular weight excluding hydrogens is 552 g/mol. The molecule has 0 saturated heterocycles. The number of ether oxygens (including phenoxy) is 3. The molecule has 0 aliphatic heterocycles. The van der Waals surface area contributed by atoms with E-state index in [0.29, 0.717) is 19.3 Å². The molecule has 0 aromatic heterocycles. The van der Waals surface area contributed by atoms with E-state index in [1.165, 1.54) is 89.9 Å². The van der Waals surface area contributed by atoms with Crippen LogP contribution >= 0.6 is 0 Å². The Hall–Kier alpha value is -1.59. The second kappa shape index (κ2) is 32.8. The van der Waals surface area contributed by atoms with Gasteiger partial charge in [-0.3, -0.25) is 14.4 Å². The molecule has 0 rings (SSSR count). The van der Waals surface area contributed by atoms with Gasteiger partial charge in [-0.05, 0) is 25.2 Å². The van der Waals surface area contributed by atoms with Crippen molar-refractivity contribution in [2.75, 3.05) is 13.2 Å². The lowest BCUT2D eigenvalue weighted by Crippen LogP contribution is -2.30. The summed E-state index contributed by atoms with van der Waals surface area (Å²) in [6.07, 6.45) is 28.4. The second-order valence-corrected chi connectivity index (χ2v) is 13.3. The quantitative estimate of drug-likeness (QED) is 0.0410. The summed E-state index contributed by atoms with van der Waals surface area (Å²) >= 11 is 0. The molecule has 0 bridgehead atoms. The van der Waals surface area contributed by atoms with Gasteiger partial charge in [0.25, 0.3) is 0 Å². The van der Waals surface area contributed by atoms with E-state index >= 15 is 0 Å². The lowest BCUT2D eigenvalue weighted by atomic mass is 10.0. The normalized spacial score (nSPS) is 11.9. The smallest absolute Gasteiger partial charge is 0.306 e. The van der Waals surface area contributed by atoms with Gasteiger partial charge < -0.3 is 14.2 Å². The SMILES string of the molecule is CCCCCCCCCC(=O)OC[C@@H](COC(=O)CCCCCCC)OC(=O)CCCCCCCCCCCCCC(C)C. The van der Waals surface area contributed by atoms with Crippen molar-refractivity contribution in [1.29, 1.82) is 0 Å². The Morgan fingerprint density at radius 1 is 0.432 bits per heavy atom. The van der Waals surface area contributed by atoms with Crippen molar-refractivity contribution in [3.8, 4) is 0 Å². The highest BCUT2D eigenvalue weighted by molar-refractivity contribution is 5.71. The molecule has 1 atom stereocenters. The lowest BCUT2D eigenvalue weighted by molar-refractivity contribution is -0.167. The highest BCUT2D eigenvalue weighted by Crippen LogP contribution is 2.15. The molecule has 0 amide bonds. The van der Waals surface area contributed by atoms with Crippen molar-refractivity contribution < 1.29 is 28.6 Å². The largest absolute Gasteiger partial charge is 0.462 e. The maximum Gasteiger partial charge on any atom is 0.306 e. The maximum absolute atomic E-state index is 12.6. The molecule has 0 fully saturated rings. The van der Waals surface area contributed by atoms with Gasteiger partial charge in [0.2, 0.25) is 0 Å². The number of hydrogen-bond acceptors (Lipinski definition) is 6. The van der Waals surface area contributed by atoms with Crippen molar-refractivity contribution >= 4 is 17.9 Å². The van der Waals surface area contributed by atoms with Crippen molar-refractivity contribution in [3.05, 3.63) is 0 Å². The van der Waals surface area contributed by atoms with Crippen LogP contribution < -0.4 is 0 Å². The number of unbranched alkanes of at least 4 members (excludes halogenated alkanes) is 20. The Kier molecular flexibility index (Phi) is 31.6. The molecule has 0 aromatic rings. The van der Waals surface area contributed by atoms with Crippen LogP contribution in [0.1, 0.15) is 201 Å². The summed E-state index contributed by atoms with van der Waals surface area (Å²) in [5.41, 5.74) is 0. The van der Waals surface area contributed by atoms with Crippen LogP contribution in [-0.2, 0) is 28.6 Å². The Bertz CT molecular complexity index is 662. The Balaban J connectivity index is 4.23. The molecule has 0 N–H and O–H groups in total. The van der Waals surface area contributed by atoms with E-state index in [0.717, 1.165) is 70.1 Å². The van der Waals surface area contributed by atoms with Crippen LogP contribution in [0.5, 0.6) is 0 Å². The van der Waals surface area contributed by atoms with Gasteiger partial charge in [0.05, 0.1) is 0 Å². The molecule has 0 spiro atoms. The molecule has 44 heavy (non-hydrogen) atoms. The van der Waals surface area contributed by atoms with Gasteiger partial charge in [-0.1, -0.05) is 163 Å². The second-order valence-electron chi connectivity index (χ2n) is 13.3. The summed E-state index contributed by atoms with van der Waals surface area (Å²) in [7, 11) is 0. The third-order valence-electron chi connectivity index (χ3n) is 8.29. The zero-order chi connectivity index (χ0) is 32.5. The average molecular weight is 625 g/mol. The van der Waals surface area contributed by atoms with Gasteiger partial charge in [0.1, 0.15) is 13.2 Å². The maximum atomic E-state index is 12.6. The highest BCUT2D eigenvalue weighted by Gasteiger charge is 2.19. The molecular formula is C38H72O6. The van der Waals surface area contributed by atoms with Crippen LogP contribution in [0.15, 0.2) is 0 Å². The van der Waals surface area contributed by atoms with E-state index in [2.05, 4.69) is 27.7 Å². The van der Waals surface area contributed by atoms with E-state index in [-0.39, 0.29) is 31.1 Å². The number of esters is 3. The molecule has 0 aromatic carbocycles. The first-order chi connectivity index (χ1) is 21.4. The van der Waals surface area contributed by atoms with Crippen molar-refractivity contribution in [2.45, 2.75) is 207 Å². The first-order valence-corrected chi connectivity index (χ1v) is 18.9. The molecule has 0 saturated carbocycles. The summed E-state index contributed by atoms with van der Waals surface area (Å²) in [4.78, 5) is 37.1. The standard InChI is InChI=1S/C38H72O6/c1-5-7-9-11-17-22-26-30-37(40)43-33-35(32-42-36(39)29-25-20-10-8-6-2)44-38(41)31-27-23-19-16-14-12-13-15-18-21-24-28-34(3)4/h34-35H,5-33H2,1-4H3/t35-/m1/s1. The number of carbonyl (C=O) groups is 3. The molecule has 0 aliphatic carbocycles. The molecule has 0 aliphatic rings. The molecule has 260 valence electrons. The minimum atomic E-state index is -0.755. The van der Waals surface area contributed by atoms with Crippen molar-refractivity contribution in [3.63, 3.8) is 0 Å². The Morgan fingerprint density at radius 3 is 1.11 bits per heavy atom. The summed E-state index contributed by atoms with van der Waals surface area (Å²) in [6.45, 7) is 8.83. The third kappa shape index (κ3) is 31.8. The van der Waals surface area contributed by atoms with Crippen LogP contribution in [0, 0.1) is 5.92 Å². The molecule has 6 nitrogen and oxygen atoms in total. The fourth-order valence-corrected chi connectivity index (χ4v) is 5.39.